The minimum atomic E-state index is -3.78. The molecule has 9 heteroatoms. The summed E-state index contributed by atoms with van der Waals surface area (Å²) in [5.41, 5.74) is 3.77. The molecule has 0 spiro atoms. The van der Waals surface area contributed by atoms with Gasteiger partial charge in [-0.25, -0.2) is 13.6 Å². The van der Waals surface area contributed by atoms with Crippen LogP contribution < -0.4 is 15.8 Å². The first-order valence-electron chi connectivity index (χ1n) is 10.3. The summed E-state index contributed by atoms with van der Waals surface area (Å²) in [6.45, 7) is 1.79. The van der Waals surface area contributed by atoms with Crippen molar-refractivity contribution in [3.05, 3.63) is 95.2 Å². The van der Waals surface area contributed by atoms with Crippen molar-refractivity contribution in [3.8, 4) is 11.1 Å². The molecule has 34 heavy (non-hydrogen) atoms. The monoisotopic (exact) mass is 475 g/mol. The van der Waals surface area contributed by atoms with Crippen LogP contribution in [-0.4, -0.2) is 26.0 Å². The number of carbonyl (C=O) groups excluding carboxylic acids is 3. The second kappa shape index (κ2) is 9.05. The van der Waals surface area contributed by atoms with Crippen molar-refractivity contribution in [1.29, 1.82) is 0 Å². The van der Waals surface area contributed by atoms with Gasteiger partial charge in [0.05, 0.1) is 10.5 Å². The Morgan fingerprint density at radius 2 is 1.65 bits per heavy atom. The highest BCUT2D eigenvalue weighted by atomic mass is 32.2. The highest BCUT2D eigenvalue weighted by Crippen LogP contribution is 2.31. The number of nitrogens with two attached hydrogens (primary N) is 1. The molecule has 0 aromatic heterocycles. The number of fused-ring (bicyclic) bond motifs is 1. The van der Waals surface area contributed by atoms with Crippen LogP contribution in [0.5, 0.6) is 0 Å². The maximum atomic E-state index is 12.6. The number of imide groups is 1. The maximum Gasteiger partial charge on any atom is 0.260 e. The van der Waals surface area contributed by atoms with Crippen molar-refractivity contribution in [1.82, 2.24) is 10.6 Å². The molecule has 4 rings (SSSR count). The van der Waals surface area contributed by atoms with E-state index in [0.717, 1.165) is 5.56 Å². The molecule has 2 amide bonds. The first kappa shape index (κ1) is 23.1. The first-order chi connectivity index (χ1) is 16.1. The fraction of sp³-hybridized carbons (Fsp3) is 0.0800. The zero-order valence-corrected chi connectivity index (χ0v) is 19.0. The number of primary sulfonamides is 1. The van der Waals surface area contributed by atoms with Gasteiger partial charge in [-0.2, -0.15) is 0 Å². The van der Waals surface area contributed by atoms with Crippen molar-refractivity contribution >= 4 is 33.2 Å². The molecule has 4 N–H and O–H groups in total. The molecule has 3 aromatic rings. The van der Waals surface area contributed by atoms with Crippen molar-refractivity contribution in [2.75, 3.05) is 0 Å². The molecular weight excluding hydrogens is 454 g/mol. The number of hydrogen-bond donors (Lipinski definition) is 3. The van der Waals surface area contributed by atoms with Crippen molar-refractivity contribution in [2.45, 2.75) is 18.4 Å². The molecule has 172 valence electrons. The van der Waals surface area contributed by atoms with Crippen LogP contribution in [0.3, 0.4) is 0 Å². The van der Waals surface area contributed by atoms with Crippen LogP contribution in [0.4, 0.5) is 0 Å². The summed E-state index contributed by atoms with van der Waals surface area (Å²) in [5.74, 6) is -1.14. The molecule has 1 heterocycles. The summed E-state index contributed by atoms with van der Waals surface area (Å²) in [6, 6.07) is 18.3. The number of carbonyl (C=O) groups is 3. The van der Waals surface area contributed by atoms with Gasteiger partial charge in [0.15, 0.2) is 5.78 Å². The van der Waals surface area contributed by atoms with E-state index in [1.54, 1.807) is 42.5 Å². The summed E-state index contributed by atoms with van der Waals surface area (Å²) >= 11 is 0. The lowest BCUT2D eigenvalue weighted by Crippen LogP contribution is -2.37. The number of rotatable bonds is 6. The van der Waals surface area contributed by atoms with Crippen molar-refractivity contribution in [2.24, 2.45) is 5.14 Å². The number of ketones is 1. The minimum absolute atomic E-state index is 0.00655. The molecule has 8 nitrogen and oxygen atoms in total. The van der Waals surface area contributed by atoms with Crippen molar-refractivity contribution < 1.29 is 22.8 Å². The standard InChI is InChI=1S/C25H21N3O5S/c1-15(29)19-4-2-3-5-20(19)17-8-11-21-22(12-17)23(25(31)28-24(21)30)14-27-13-16-6-9-18(10-7-16)34(26,32)33/h2-12,14,27H,13H2,1H3,(H2,26,32,33)(H,28,30,31)/b23-14-. The number of amides is 2. The van der Waals surface area contributed by atoms with Crippen LogP contribution in [0.15, 0.2) is 77.8 Å². The van der Waals surface area contributed by atoms with Crippen molar-refractivity contribution in [3.63, 3.8) is 0 Å². The number of hydrogen-bond acceptors (Lipinski definition) is 6. The largest absolute Gasteiger partial charge is 0.386 e. The van der Waals surface area contributed by atoms with Gasteiger partial charge in [-0.15, -0.1) is 0 Å². The third-order valence-corrected chi connectivity index (χ3v) is 6.38. The van der Waals surface area contributed by atoms with E-state index in [1.807, 2.05) is 12.1 Å². The molecule has 0 unspecified atom stereocenters. The van der Waals surface area contributed by atoms with Crippen LogP contribution in [0.25, 0.3) is 16.7 Å². The fourth-order valence-electron chi connectivity index (χ4n) is 3.75. The Morgan fingerprint density at radius 1 is 0.941 bits per heavy atom. The van der Waals surface area contributed by atoms with Gasteiger partial charge in [0.1, 0.15) is 0 Å². The highest BCUT2D eigenvalue weighted by Gasteiger charge is 2.28. The Kier molecular flexibility index (Phi) is 6.14. The molecular formula is C25H21N3O5S. The predicted octanol–water partition coefficient (Wildman–Crippen LogP) is 2.60. The van der Waals surface area contributed by atoms with E-state index < -0.39 is 21.8 Å². The molecule has 1 aliphatic rings. The summed E-state index contributed by atoms with van der Waals surface area (Å²) in [5, 5.41) is 10.5. The molecule has 0 aliphatic carbocycles. The van der Waals surface area contributed by atoms with E-state index in [-0.39, 0.29) is 16.3 Å². The summed E-state index contributed by atoms with van der Waals surface area (Å²) in [6.07, 6.45) is 1.51. The average Bonchev–Trinajstić information content (AvgIpc) is 2.80. The van der Waals surface area contributed by atoms with E-state index in [4.69, 9.17) is 5.14 Å². The molecule has 3 aromatic carbocycles. The molecule has 0 bridgehead atoms. The third kappa shape index (κ3) is 4.66. The summed E-state index contributed by atoms with van der Waals surface area (Å²) in [7, 11) is -3.78. The van der Waals surface area contributed by atoms with Gasteiger partial charge in [-0.05, 0) is 47.9 Å². The zero-order valence-electron chi connectivity index (χ0n) is 18.2. The molecule has 0 saturated carbocycles. The number of benzene rings is 3. The third-order valence-electron chi connectivity index (χ3n) is 5.45. The van der Waals surface area contributed by atoms with E-state index in [0.29, 0.717) is 34.4 Å². The summed E-state index contributed by atoms with van der Waals surface area (Å²) < 4.78 is 22.8. The lowest BCUT2D eigenvalue weighted by Gasteiger charge is -2.20. The highest BCUT2D eigenvalue weighted by molar-refractivity contribution is 7.89. The second-order valence-corrected chi connectivity index (χ2v) is 9.33. The molecule has 0 radical (unpaired) electrons. The van der Waals surface area contributed by atoms with Gasteiger partial charge in [0.25, 0.3) is 11.8 Å². The van der Waals surface area contributed by atoms with Crippen LogP contribution in [0.2, 0.25) is 0 Å². The normalized spacial score (nSPS) is 14.5. The Balaban J connectivity index is 1.66. The molecule has 0 fully saturated rings. The van der Waals surface area contributed by atoms with Gasteiger partial charge in [-0.3, -0.25) is 19.7 Å². The Bertz CT molecular complexity index is 1460. The number of sulfonamides is 1. The number of nitrogens with one attached hydrogen (secondary N) is 2. The van der Waals surface area contributed by atoms with Gasteiger partial charge < -0.3 is 5.32 Å². The fourth-order valence-corrected chi connectivity index (χ4v) is 4.26. The predicted molar refractivity (Wildman–Crippen MR) is 127 cm³/mol. The zero-order chi connectivity index (χ0) is 24.5. The SMILES string of the molecule is CC(=O)c1ccccc1-c1ccc2c(c1)/C(=C/NCc1ccc(S(N)(=O)=O)cc1)C(=O)NC2=O. The average molecular weight is 476 g/mol. The van der Waals surface area contributed by atoms with Gasteiger partial charge in [0, 0.05) is 29.4 Å². The molecule has 0 atom stereocenters. The summed E-state index contributed by atoms with van der Waals surface area (Å²) in [4.78, 5) is 37.1. The Hall–Kier alpha value is -4.08. The van der Waals surface area contributed by atoms with Gasteiger partial charge in [-0.1, -0.05) is 42.5 Å². The quantitative estimate of drug-likeness (QED) is 0.285. The minimum Gasteiger partial charge on any atom is -0.386 e. The Morgan fingerprint density at radius 3 is 2.32 bits per heavy atom. The van der Waals surface area contributed by atoms with Crippen LogP contribution >= 0.6 is 0 Å². The van der Waals surface area contributed by atoms with E-state index in [2.05, 4.69) is 10.6 Å². The van der Waals surface area contributed by atoms with Crippen LogP contribution in [0.1, 0.15) is 38.8 Å². The van der Waals surface area contributed by atoms with E-state index in [1.165, 1.54) is 25.3 Å². The van der Waals surface area contributed by atoms with Crippen LogP contribution in [-0.2, 0) is 21.4 Å². The van der Waals surface area contributed by atoms with Gasteiger partial charge >= 0.3 is 0 Å². The number of Topliss-reactive ketones (excluding diaryl/α,β-unsaturated/α-hetero) is 1. The lowest BCUT2D eigenvalue weighted by atomic mass is 9.89. The van der Waals surface area contributed by atoms with E-state index >= 15 is 0 Å². The first-order valence-corrected chi connectivity index (χ1v) is 11.9. The smallest absolute Gasteiger partial charge is 0.260 e. The Labute approximate surface area is 196 Å². The second-order valence-electron chi connectivity index (χ2n) is 7.77. The van der Waals surface area contributed by atoms with Gasteiger partial charge in [0.2, 0.25) is 10.0 Å². The maximum absolute atomic E-state index is 12.6. The lowest BCUT2D eigenvalue weighted by molar-refractivity contribution is -0.114. The van der Waals surface area contributed by atoms with E-state index in [9.17, 15) is 22.8 Å². The molecule has 0 saturated heterocycles. The topological polar surface area (TPSA) is 135 Å². The molecule has 1 aliphatic heterocycles. The van der Waals surface area contributed by atoms with Crippen LogP contribution in [0, 0.1) is 0 Å².